The van der Waals surface area contributed by atoms with Gasteiger partial charge in [-0.25, -0.2) is 14.4 Å². The second kappa shape index (κ2) is 8.40. The molecule has 2 aromatic carbocycles. The van der Waals surface area contributed by atoms with E-state index in [0.717, 1.165) is 17.7 Å². The van der Waals surface area contributed by atoms with Crippen LogP contribution in [-0.2, 0) is 6.42 Å². The number of halogens is 1. The predicted molar refractivity (Wildman–Crippen MR) is 105 cm³/mol. The molecule has 2 N–H and O–H groups in total. The number of hydrogen-bond acceptors (Lipinski definition) is 5. The highest BCUT2D eigenvalue weighted by Gasteiger charge is 2.04. The molecule has 0 aliphatic rings. The van der Waals surface area contributed by atoms with Crippen LogP contribution in [0.1, 0.15) is 28.7 Å². The number of Topliss-reactive ketones (excluding diaryl/α,β-unsaturated/α-hetero) is 1. The van der Waals surface area contributed by atoms with Crippen LogP contribution >= 0.6 is 0 Å². The Morgan fingerprint density at radius 3 is 2.33 bits per heavy atom. The minimum Gasteiger partial charge on any atom is -0.370 e. The fourth-order valence-corrected chi connectivity index (χ4v) is 2.64. The van der Waals surface area contributed by atoms with Crippen molar-refractivity contribution in [2.75, 3.05) is 17.2 Å². The molecule has 0 aliphatic carbocycles. The molecule has 3 aromatic rings. The van der Waals surface area contributed by atoms with Crippen molar-refractivity contribution in [2.24, 2.45) is 0 Å². The summed E-state index contributed by atoms with van der Waals surface area (Å²) in [4.78, 5) is 20.1. The summed E-state index contributed by atoms with van der Waals surface area (Å²) in [6.07, 6.45) is 0.763. The first kappa shape index (κ1) is 18.5. The summed E-state index contributed by atoms with van der Waals surface area (Å²) in [7, 11) is 0. The lowest BCUT2D eigenvalue weighted by Gasteiger charge is -2.10. The molecule has 0 saturated carbocycles. The van der Waals surface area contributed by atoms with Gasteiger partial charge in [0.05, 0.1) is 0 Å². The Balaban J connectivity index is 1.63. The van der Waals surface area contributed by atoms with Crippen molar-refractivity contribution >= 4 is 23.1 Å². The van der Waals surface area contributed by atoms with Crippen molar-refractivity contribution in [3.8, 4) is 0 Å². The van der Waals surface area contributed by atoms with Gasteiger partial charge in [-0.3, -0.25) is 4.79 Å². The molecule has 0 atom stereocenters. The van der Waals surface area contributed by atoms with Crippen LogP contribution in [0.5, 0.6) is 0 Å². The van der Waals surface area contributed by atoms with E-state index in [4.69, 9.17) is 0 Å². The molecule has 0 radical (unpaired) electrons. The van der Waals surface area contributed by atoms with E-state index in [1.807, 2.05) is 25.1 Å². The van der Waals surface area contributed by atoms with Crippen LogP contribution in [0.15, 0.2) is 54.6 Å². The first-order chi connectivity index (χ1) is 13.0. The summed E-state index contributed by atoms with van der Waals surface area (Å²) in [5.74, 6) is 1.83. The van der Waals surface area contributed by atoms with E-state index in [2.05, 4.69) is 20.6 Å². The zero-order chi connectivity index (χ0) is 19.2. The third-order valence-electron chi connectivity index (χ3n) is 4.03. The van der Waals surface area contributed by atoms with Crippen molar-refractivity contribution in [1.29, 1.82) is 0 Å². The zero-order valence-electron chi connectivity index (χ0n) is 15.3. The van der Waals surface area contributed by atoms with Crippen LogP contribution in [0.3, 0.4) is 0 Å². The molecule has 0 fully saturated rings. The number of aryl methyl sites for hydroxylation is 1. The average molecular weight is 364 g/mol. The van der Waals surface area contributed by atoms with Crippen molar-refractivity contribution in [3.05, 3.63) is 77.4 Å². The number of nitrogens with one attached hydrogen (secondary N) is 2. The second-order valence-corrected chi connectivity index (χ2v) is 6.25. The van der Waals surface area contributed by atoms with Crippen LogP contribution in [0, 0.1) is 12.7 Å². The van der Waals surface area contributed by atoms with E-state index in [-0.39, 0.29) is 11.6 Å². The number of carbonyl (C=O) groups is 1. The minimum atomic E-state index is -0.231. The zero-order valence-corrected chi connectivity index (χ0v) is 15.3. The van der Waals surface area contributed by atoms with E-state index < -0.39 is 0 Å². The summed E-state index contributed by atoms with van der Waals surface area (Å²) in [5, 5.41) is 6.49. The average Bonchev–Trinajstić information content (AvgIpc) is 2.63. The second-order valence-electron chi connectivity index (χ2n) is 6.25. The van der Waals surface area contributed by atoms with Crippen molar-refractivity contribution < 1.29 is 9.18 Å². The van der Waals surface area contributed by atoms with Gasteiger partial charge >= 0.3 is 0 Å². The maximum atomic E-state index is 12.9. The summed E-state index contributed by atoms with van der Waals surface area (Å²) in [5.41, 5.74) is 2.57. The number of benzene rings is 2. The lowest BCUT2D eigenvalue weighted by Crippen LogP contribution is -2.08. The summed E-state index contributed by atoms with van der Waals surface area (Å²) in [6.45, 7) is 4.05. The van der Waals surface area contributed by atoms with Gasteiger partial charge < -0.3 is 10.6 Å². The SMILES string of the molecule is CC(=O)c1ccc(Nc2cc(NCCc3ccc(F)cc3)nc(C)n2)cc1. The molecular formula is C21H21FN4O. The topological polar surface area (TPSA) is 66.9 Å². The molecule has 0 aliphatic heterocycles. The maximum Gasteiger partial charge on any atom is 0.159 e. The van der Waals surface area contributed by atoms with Gasteiger partial charge in [-0.05, 0) is 62.2 Å². The fourth-order valence-electron chi connectivity index (χ4n) is 2.64. The quantitative estimate of drug-likeness (QED) is 0.603. The van der Waals surface area contributed by atoms with Crippen molar-refractivity contribution in [3.63, 3.8) is 0 Å². The molecule has 1 heterocycles. The number of nitrogens with zero attached hydrogens (tertiary/aromatic N) is 2. The monoisotopic (exact) mass is 364 g/mol. The van der Waals surface area contributed by atoms with Crippen molar-refractivity contribution in [2.45, 2.75) is 20.3 Å². The molecule has 1 aromatic heterocycles. The first-order valence-corrected chi connectivity index (χ1v) is 8.71. The van der Waals surface area contributed by atoms with E-state index in [1.54, 1.807) is 31.2 Å². The van der Waals surface area contributed by atoms with Gasteiger partial charge in [-0.1, -0.05) is 12.1 Å². The summed E-state index contributed by atoms with van der Waals surface area (Å²) in [6, 6.07) is 15.6. The molecule has 27 heavy (non-hydrogen) atoms. The summed E-state index contributed by atoms with van der Waals surface area (Å²) < 4.78 is 12.9. The third-order valence-corrected chi connectivity index (χ3v) is 4.03. The Bertz CT molecular complexity index is 924. The Hall–Kier alpha value is -3.28. The van der Waals surface area contributed by atoms with Gasteiger partial charge in [-0.15, -0.1) is 0 Å². The molecule has 0 spiro atoms. The van der Waals surface area contributed by atoms with Crippen LogP contribution in [-0.4, -0.2) is 22.3 Å². The maximum absolute atomic E-state index is 12.9. The number of anilines is 3. The third kappa shape index (κ3) is 5.34. The van der Waals surface area contributed by atoms with Gasteiger partial charge in [0.25, 0.3) is 0 Å². The highest BCUT2D eigenvalue weighted by atomic mass is 19.1. The molecule has 0 amide bonds. The van der Waals surface area contributed by atoms with E-state index in [0.29, 0.717) is 29.6 Å². The molecule has 138 valence electrons. The molecule has 3 rings (SSSR count). The van der Waals surface area contributed by atoms with Gasteiger partial charge in [-0.2, -0.15) is 0 Å². The Morgan fingerprint density at radius 2 is 1.67 bits per heavy atom. The normalized spacial score (nSPS) is 10.5. The number of rotatable bonds is 7. The first-order valence-electron chi connectivity index (χ1n) is 8.71. The highest BCUT2D eigenvalue weighted by Crippen LogP contribution is 2.18. The molecule has 6 heteroatoms. The standard InChI is InChI=1S/C21H21FN4O/c1-14(27)17-5-9-19(10-6-17)26-21-13-20(24-15(2)25-21)23-12-11-16-3-7-18(22)8-4-16/h3-10,13H,11-12H2,1-2H3,(H2,23,24,25,26). The van der Waals surface area contributed by atoms with Crippen LogP contribution in [0.2, 0.25) is 0 Å². The molecule has 5 nitrogen and oxygen atoms in total. The highest BCUT2D eigenvalue weighted by molar-refractivity contribution is 5.94. The Labute approximate surface area is 157 Å². The molecule has 0 unspecified atom stereocenters. The van der Waals surface area contributed by atoms with Gasteiger partial charge in [0.15, 0.2) is 5.78 Å². The number of hydrogen-bond donors (Lipinski definition) is 2. The molecule has 0 saturated heterocycles. The predicted octanol–water partition coefficient (Wildman–Crippen LogP) is 4.52. The largest absolute Gasteiger partial charge is 0.370 e. The number of carbonyl (C=O) groups excluding carboxylic acids is 1. The minimum absolute atomic E-state index is 0.0343. The van der Waals surface area contributed by atoms with Crippen LogP contribution < -0.4 is 10.6 Å². The van der Waals surface area contributed by atoms with Crippen LogP contribution in [0.25, 0.3) is 0 Å². The molecule has 0 bridgehead atoms. The van der Waals surface area contributed by atoms with E-state index in [1.165, 1.54) is 12.1 Å². The Morgan fingerprint density at radius 1 is 1.00 bits per heavy atom. The lowest BCUT2D eigenvalue weighted by atomic mass is 10.1. The van der Waals surface area contributed by atoms with E-state index in [9.17, 15) is 9.18 Å². The fraction of sp³-hybridized carbons (Fsp3) is 0.190. The number of aromatic nitrogens is 2. The lowest BCUT2D eigenvalue weighted by molar-refractivity contribution is 0.101. The van der Waals surface area contributed by atoms with Gasteiger partial charge in [0, 0.05) is 23.9 Å². The number of ketones is 1. The van der Waals surface area contributed by atoms with Crippen molar-refractivity contribution in [1.82, 2.24) is 9.97 Å². The van der Waals surface area contributed by atoms with Crippen LogP contribution in [0.4, 0.5) is 21.7 Å². The van der Waals surface area contributed by atoms with E-state index >= 15 is 0 Å². The summed E-state index contributed by atoms with van der Waals surface area (Å²) >= 11 is 0. The Kier molecular flexibility index (Phi) is 5.76. The smallest absolute Gasteiger partial charge is 0.159 e. The molecular weight excluding hydrogens is 343 g/mol. The van der Waals surface area contributed by atoms with Gasteiger partial charge in [0.2, 0.25) is 0 Å². The van der Waals surface area contributed by atoms with Gasteiger partial charge in [0.1, 0.15) is 23.3 Å².